The van der Waals surface area contributed by atoms with Gasteiger partial charge in [0.1, 0.15) is 17.7 Å². The Labute approximate surface area is 176 Å². The molecule has 4 rings (SSSR count). The molecule has 0 amide bonds. The first-order valence-electron chi connectivity index (χ1n) is 10.7. The second-order valence-electron chi connectivity index (χ2n) is 8.02. The normalized spacial score (nSPS) is 19.1. The molecule has 30 heavy (non-hydrogen) atoms. The van der Waals surface area contributed by atoms with Crippen LogP contribution in [0.2, 0.25) is 0 Å². The van der Waals surface area contributed by atoms with E-state index < -0.39 is 5.82 Å². The van der Waals surface area contributed by atoms with Gasteiger partial charge >= 0.3 is 0 Å². The van der Waals surface area contributed by atoms with E-state index in [9.17, 15) is 13.6 Å². The van der Waals surface area contributed by atoms with Crippen molar-refractivity contribution in [3.63, 3.8) is 0 Å². The van der Waals surface area contributed by atoms with Crippen molar-refractivity contribution in [3.8, 4) is 5.75 Å². The van der Waals surface area contributed by atoms with Gasteiger partial charge in [-0.25, -0.2) is 4.39 Å². The molecule has 1 heterocycles. The summed E-state index contributed by atoms with van der Waals surface area (Å²) in [6.45, 7) is 2.29. The highest BCUT2D eigenvalue weighted by Gasteiger charge is 2.24. The molecule has 0 radical (unpaired) electrons. The Bertz CT molecular complexity index is 923. The third kappa shape index (κ3) is 4.46. The maximum atomic E-state index is 14.7. The number of rotatable bonds is 7. The molecule has 5 heteroatoms. The summed E-state index contributed by atoms with van der Waals surface area (Å²) >= 11 is 0. The summed E-state index contributed by atoms with van der Waals surface area (Å²) in [6, 6.07) is 11.4. The number of hydrogen-bond donors (Lipinski definition) is 0. The van der Waals surface area contributed by atoms with Crippen molar-refractivity contribution in [1.29, 1.82) is 0 Å². The zero-order chi connectivity index (χ0) is 20.9. The number of alkyl halides is 1. The molecular weight excluding hydrogens is 384 g/mol. The van der Waals surface area contributed by atoms with Crippen LogP contribution in [0.25, 0.3) is 5.57 Å². The molecule has 0 saturated carbocycles. The number of carbonyl (C=O) groups excluding carboxylic acids is 1. The zero-order valence-corrected chi connectivity index (χ0v) is 17.1. The Morgan fingerprint density at radius 3 is 2.77 bits per heavy atom. The molecule has 0 aromatic heterocycles. The first-order valence-corrected chi connectivity index (χ1v) is 10.7. The van der Waals surface area contributed by atoms with Crippen molar-refractivity contribution in [2.24, 2.45) is 0 Å². The van der Waals surface area contributed by atoms with Crippen LogP contribution in [0.4, 0.5) is 8.78 Å². The summed E-state index contributed by atoms with van der Waals surface area (Å²) in [7, 11) is 0. The van der Waals surface area contributed by atoms with E-state index in [0.717, 1.165) is 61.3 Å². The lowest BCUT2D eigenvalue weighted by atomic mass is 9.92. The predicted molar refractivity (Wildman–Crippen MR) is 114 cm³/mol. The lowest BCUT2D eigenvalue weighted by Crippen LogP contribution is -2.26. The summed E-state index contributed by atoms with van der Waals surface area (Å²) < 4.78 is 33.2. The maximum absolute atomic E-state index is 14.7. The summed E-state index contributed by atoms with van der Waals surface area (Å²) in [5.74, 6) is 0.418. The Morgan fingerprint density at radius 2 is 2.00 bits per heavy atom. The Balaban J connectivity index is 1.49. The van der Waals surface area contributed by atoms with Gasteiger partial charge in [0.05, 0.1) is 12.2 Å². The molecule has 0 bridgehead atoms. The van der Waals surface area contributed by atoms with Gasteiger partial charge in [-0.1, -0.05) is 24.3 Å². The predicted octanol–water partition coefficient (Wildman–Crippen LogP) is 5.22. The average molecular weight is 411 g/mol. The molecule has 158 valence electrons. The van der Waals surface area contributed by atoms with Crippen LogP contribution in [0.15, 0.2) is 42.5 Å². The van der Waals surface area contributed by atoms with E-state index in [1.165, 1.54) is 0 Å². The standard InChI is InChI=1S/C25H27F2NO2/c26-13-3-14-28-15-12-21(16-28)30-20-9-6-18(7-10-20)22-4-1-2-5-24-23(22)11-8-19(17-29)25(24)27/h4,6-11,17,21H,1-3,5,12-16H2. The van der Waals surface area contributed by atoms with Crippen molar-refractivity contribution < 1.29 is 18.3 Å². The van der Waals surface area contributed by atoms with E-state index in [-0.39, 0.29) is 18.3 Å². The van der Waals surface area contributed by atoms with Gasteiger partial charge in [0, 0.05) is 19.6 Å². The minimum atomic E-state index is -0.395. The van der Waals surface area contributed by atoms with E-state index in [4.69, 9.17) is 4.74 Å². The van der Waals surface area contributed by atoms with Gasteiger partial charge in [-0.2, -0.15) is 0 Å². The fraction of sp³-hybridized carbons (Fsp3) is 0.400. The Morgan fingerprint density at radius 1 is 1.17 bits per heavy atom. The molecule has 2 aromatic carbocycles. The molecule has 3 nitrogen and oxygen atoms in total. The minimum Gasteiger partial charge on any atom is -0.489 e. The van der Waals surface area contributed by atoms with Gasteiger partial charge in [0.15, 0.2) is 6.29 Å². The second kappa shape index (κ2) is 9.52. The largest absolute Gasteiger partial charge is 0.489 e. The molecule has 1 unspecified atom stereocenters. The molecule has 1 saturated heterocycles. The summed E-state index contributed by atoms with van der Waals surface area (Å²) in [4.78, 5) is 13.4. The molecule has 2 aliphatic rings. The SMILES string of the molecule is O=Cc1ccc2c(c1F)CCCC=C2c1ccc(OC2CCN(CCCF)C2)cc1. The third-order valence-electron chi connectivity index (χ3n) is 5.97. The van der Waals surface area contributed by atoms with Gasteiger partial charge in [-0.05, 0) is 72.6 Å². The van der Waals surface area contributed by atoms with Crippen LogP contribution in [-0.2, 0) is 6.42 Å². The van der Waals surface area contributed by atoms with Crippen LogP contribution in [0.3, 0.4) is 0 Å². The summed E-state index contributed by atoms with van der Waals surface area (Å²) in [5, 5.41) is 0. The number of nitrogens with zero attached hydrogens (tertiary/aromatic N) is 1. The molecule has 1 atom stereocenters. The minimum absolute atomic E-state index is 0.121. The fourth-order valence-corrected chi connectivity index (χ4v) is 4.42. The van der Waals surface area contributed by atoms with Gasteiger partial charge in [0.2, 0.25) is 0 Å². The molecule has 1 aliphatic heterocycles. The Hall–Kier alpha value is -2.53. The number of fused-ring (bicyclic) bond motifs is 1. The van der Waals surface area contributed by atoms with Crippen molar-refractivity contribution in [2.45, 2.75) is 38.2 Å². The summed E-state index contributed by atoms with van der Waals surface area (Å²) in [6.07, 6.45) is 6.75. The van der Waals surface area contributed by atoms with E-state index in [0.29, 0.717) is 24.7 Å². The van der Waals surface area contributed by atoms with Crippen molar-refractivity contribution in [3.05, 3.63) is 70.5 Å². The first-order chi connectivity index (χ1) is 14.7. The lowest BCUT2D eigenvalue weighted by Gasteiger charge is -2.17. The lowest BCUT2D eigenvalue weighted by molar-refractivity contribution is 0.111. The van der Waals surface area contributed by atoms with E-state index in [1.807, 2.05) is 30.3 Å². The van der Waals surface area contributed by atoms with Gasteiger partial charge in [-0.15, -0.1) is 0 Å². The first kappa shape index (κ1) is 20.7. The number of carbonyl (C=O) groups is 1. The maximum Gasteiger partial charge on any atom is 0.153 e. The highest BCUT2D eigenvalue weighted by Crippen LogP contribution is 2.34. The van der Waals surface area contributed by atoms with Crippen LogP contribution in [0, 0.1) is 5.82 Å². The van der Waals surface area contributed by atoms with Gasteiger partial charge in [0.25, 0.3) is 0 Å². The Kier molecular flexibility index (Phi) is 6.58. The van der Waals surface area contributed by atoms with Gasteiger partial charge < -0.3 is 4.74 Å². The molecule has 1 aliphatic carbocycles. The average Bonchev–Trinajstić information content (AvgIpc) is 3.09. The smallest absolute Gasteiger partial charge is 0.153 e. The zero-order valence-electron chi connectivity index (χ0n) is 17.1. The van der Waals surface area contributed by atoms with E-state index in [2.05, 4.69) is 11.0 Å². The number of allylic oxidation sites excluding steroid dienone is 1. The number of hydrogen-bond acceptors (Lipinski definition) is 3. The number of likely N-dealkylation sites (tertiary alicyclic amines) is 1. The molecule has 0 N–H and O–H groups in total. The summed E-state index contributed by atoms with van der Waals surface area (Å²) in [5.41, 5.74) is 3.63. The van der Waals surface area contributed by atoms with Crippen LogP contribution in [-0.4, -0.2) is 43.6 Å². The van der Waals surface area contributed by atoms with Crippen LogP contribution in [0.5, 0.6) is 5.75 Å². The molecule has 2 aromatic rings. The van der Waals surface area contributed by atoms with Crippen LogP contribution >= 0.6 is 0 Å². The molecule has 1 fully saturated rings. The van der Waals surface area contributed by atoms with Crippen LogP contribution < -0.4 is 4.74 Å². The quantitative estimate of drug-likeness (QED) is 0.585. The monoisotopic (exact) mass is 411 g/mol. The van der Waals surface area contributed by atoms with E-state index in [1.54, 1.807) is 6.07 Å². The van der Waals surface area contributed by atoms with Gasteiger partial charge in [-0.3, -0.25) is 14.1 Å². The number of halogens is 2. The topological polar surface area (TPSA) is 29.5 Å². The van der Waals surface area contributed by atoms with Crippen molar-refractivity contribution >= 4 is 11.9 Å². The van der Waals surface area contributed by atoms with Crippen molar-refractivity contribution in [1.82, 2.24) is 4.90 Å². The van der Waals surface area contributed by atoms with Crippen molar-refractivity contribution in [2.75, 3.05) is 26.3 Å². The highest BCUT2D eigenvalue weighted by atomic mass is 19.1. The number of benzene rings is 2. The number of aldehydes is 1. The second-order valence-corrected chi connectivity index (χ2v) is 8.02. The highest BCUT2D eigenvalue weighted by molar-refractivity contribution is 5.84. The van der Waals surface area contributed by atoms with Crippen LogP contribution in [0.1, 0.15) is 52.7 Å². The molecule has 0 spiro atoms. The van der Waals surface area contributed by atoms with E-state index >= 15 is 0 Å². The number of ether oxygens (including phenoxy) is 1. The fourth-order valence-electron chi connectivity index (χ4n) is 4.42. The third-order valence-corrected chi connectivity index (χ3v) is 5.97. The molecular formula is C25H27F2NO2.